The highest BCUT2D eigenvalue weighted by Crippen LogP contribution is 2.31. The topological polar surface area (TPSA) is 78.3 Å². The number of benzene rings is 1. The number of hydrogen-bond donors (Lipinski definition) is 2. The first kappa shape index (κ1) is 20.5. The smallest absolute Gasteiger partial charge is 0.306 e. The highest BCUT2D eigenvalue weighted by molar-refractivity contribution is 5.70. The van der Waals surface area contributed by atoms with Gasteiger partial charge in [-0.3, -0.25) is 4.79 Å². The number of nitrogens with one attached hydrogen (secondary N) is 1. The van der Waals surface area contributed by atoms with E-state index in [4.69, 9.17) is 0 Å². The Morgan fingerprint density at radius 2 is 1.93 bits per heavy atom. The minimum Gasteiger partial charge on any atom is -0.481 e. The maximum absolute atomic E-state index is 14.6. The number of aromatic nitrogens is 2. The summed E-state index contributed by atoms with van der Waals surface area (Å²) in [6.45, 7) is 1.43. The predicted octanol–water partition coefficient (Wildman–Crippen LogP) is 4.19. The van der Waals surface area contributed by atoms with Crippen molar-refractivity contribution in [3.63, 3.8) is 0 Å². The van der Waals surface area contributed by atoms with Crippen LogP contribution in [0.2, 0.25) is 0 Å². The van der Waals surface area contributed by atoms with E-state index in [1.165, 1.54) is 18.3 Å². The van der Waals surface area contributed by atoms with Crippen LogP contribution < -0.4 is 10.2 Å². The summed E-state index contributed by atoms with van der Waals surface area (Å²) in [5, 5.41) is 12.5. The lowest BCUT2D eigenvalue weighted by molar-refractivity contribution is -0.142. The Hall–Kier alpha value is -2.77. The molecule has 8 heteroatoms. The summed E-state index contributed by atoms with van der Waals surface area (Å²) in [4.78, 5) is 22.0. The lowest BCUT2D eigenvalue weighted by Crippen LogP contribution is -2.35. The minimum atomic E-state index is -0.773. The zero-order chi connectivity index (χ0) is 21.1. The highest BCUT2D eigenvalue weighted by atomic mass is 19.1. The summed E-state index contributed by atoms with van der Waals surface area (Å²) in [5.74, 6) is -1.59. The molecule has 0 amide bonds. The monoisotopic (exact) mass is 416 g/mol. The number of piperidine rings is 1. The Bertz CT molecular complexity index is 893. The average Bonchev–Trinajstić information content (AvgIpc) is 2.76. The molecule has 3 atom stereocenters. The van der Waals surface area contributed by atoms with Gasteiger partial charge in [0.2, 0.25) is 5.95 Å². The summed E-state index contributed by atoms with van der Waals surface area (Å²) in [7, 11) is 0. The molecule has 1 saturated carbocycles. The van der Waals surface area contributed by atoms with Crippen LogP contribution in [0.5, 0.6) is 0 Å². The molecule has 2 aliphatic rings. The van der Waals surface area contributed by atoms with Crippen LogP contribution in [0.1, 0.15) is 50.1 Å². The Kier molecular flexibility index (Phi) is 6.11. The van der Waals surface area contributed by atoms with Crippen molar-refractivity contribution >= 4 is 17.6 Å². The van der Waals surface area contributed by atoms with E-state index in [-0.39, 0.29) is 23.7 Å². The number of hydrogen-bond acceptors (Lipinski definition) is 5. The quantitative estimate of drug-likeness (QED) is 0.761. The maximum Gasteiger partial charge on any atom is 0.306 e. The Morgan fingerprint density at radius 1 is 1.13 bits per heavy atom. The summed E-state index contributed by atoms with van der Waals surface area (Å²) in [5.41, 5.74) is 1.29. The van der Waals surface area contributed by atoms with Crippen LogP contribution in [0.25, 0.3) is 0 Å². The number of carboxylic acid groups (broad SMARTS) is 1. The SMILES string of the molecule is O=C(O)[C@H]1CCC[C@@H](Nc2ncc(F)c(C3CCCN(c4ccc(F)cc4)C3)n2)C1. The van der Waals surface area contributed by atoms with Crippen LogP contribution in [0.4, 0.5) is 20.4 Å². The zero-order valence-electron chi connectivity index (χ0n) is 16.7. The van der Waals surface area contributed by atoms with Gasteiger partial charge in [0.05, 0.1) is 17.8 Å². The molecule has 1 saturated heterocycles. The molecule has 160 valence electrons. The molecule has 1 aliphatic heterocycles. The van der Waals surface area contributed by atoms with E-state index in [2.05, 4.69) is 20.2 Å². The fourth-order valence-electron chi connectivity index (χ4n) is 4.55. The second-order valence-corrected chi connectivity index (χ2v) is 8.23. The zero-order valence-corrected chi connectivity index (χ0v) is 16.7. The van der Waals surface area contributed by atoms with E-state index in [1.807, 2.05) is 0 Å². The summed E-state index contributed by atoms with van der Waals surface area (Å²) >= 11 is 0. The van der Waals surface area contributed by atoms with E-state index >= 15 is 0 Å². The van der Waals surface area contributed by atoms with Crippen molar-refractivity contribution in [1.29, 1.82) is 0 Å². The molecule has 6 nitrogen and oxygen atoms in total. The second-order valence-electron chi connectivity index (χ2n) is 8.23. The van der Waals surface area contributed by atoms with Crippen LogP contribution >= 0.6 is 0 Å². The molecular weight excluding hydrogens is 390 g/mol. The predicted molar refractivity (Wildman–Crippen MR) is 110 cm³/mol. The number of nitrogens with zero attached hydrogens (tertiary/aromatic N) is 3. The van der Waals surface area contributed by atoms with E-state index in [1.54, 1.807) is 12.1 Å². The van der Waals surface area contributed by atoms with Crippen LogP contribution in [-0.4, -0.2) is 40.2 Å². The number of rotatable bonds is 5. The summed E-state index contributed by atoms with van der Waals surface area (Å²) < 4.78 is 27.8. The number of aliphatic carboxylic acids is 1. The minimum absolute atomic E-state index is 0.0276. The standard InChI is InChI=1S/C22H26F2N4O2/c23-16-6-8-18(9-7-16)28-10-2-4-15(13-28)20-19(24)12-25-22(27-20)26-17-5-1-3-14(11-17)21(29)30/h6-9,12,14-15,17H,1-5,10-11,13H2,(H,29,30)(H,25,26,27)/t14-,15?,17+/m0/s1. The molecule has 2 N–H and O–H groups in total. The highest BCUT2D eigenvalue weighted by Gasteiger charge is 2.29. The van der Waals surface area contributed by atoms with Crippen molar-refractivity contribution in [3.8, 4) is 0 Å². The second kappa shape index (κ2) is 8.93. The van der Waals surface area contributed by atoms with Crippen LogP contribution in [-0.2, 0) is 4.79 Å². The first-order chi connectivity index (χ1) is 14.5. The van der Waals surface area contributed by atoms with Crippen molar-refractivity contribution in [3.05, 3.63) is 47.8 Å². The molecule has 1 aliphatic carbocycles. The van der Waals surface area contributed by atoms with Gasteiger partial charge in [-0.05, 0) is 56.4 Å². The molecule has 0 bridgehead atoms. The fraction of sp³-hybridized carbons (Fsp3) is 0.500. The Balaban J connectivity index is 1.47. The van der Waals surface area contributed by atoms with E-state index in [9.17, 15) is 18.7 Å². The molecule has 2 aromatic rings. The molecule has 1 unspecified atom stereocenters. The normalized spacial score (nSPS) is 24.5. The van der Waals surface area contributed by atoms with Crippen LogP contribution in [0, 0.1) is 17.6 Å². The van der Waals surface area contributed by atoms with Crippen LogP contribution in [0.15, 0.2) is 30.5 Å². The number of carboxylic acids is 1. The number of carbonyl (C=O) groups is 1. The van der Waals surface area contributed by atoms with Gasteiger partial charge in [0.15, 0.2) is 5.82 Å². The summed E-state index contributed by atoms with van der Waals surface area (Å²) in [6, 6.07) is 6.31. The van der Waals surface area contributed by atoms with Gasteiger partial charge >= 0.3 is 5.97 Å². The molecular formula is C22H26F2N4O2. The molecule has 4 rings (SSSR count). The van der Waals surface area contributed by atoms with Gasteiger partial charge in [-0.15, -0.1) is 0 Å². The van der Waals surface area contributed by atoms with E-state index in [0.29, 0.717) is 31.0 Å². The van der Waals surface area contributed by atoms with Gasteiger partial charge < -0.3 is 15.3 Å². The van der Waals surface area contributed by atoms with Gasteiger partial charge in [-0.2, -0.15) is 0 Å². The lowest BCUT2D eigenvalue weighted by atomic mass is 9.86. The van der Waals surface area contributed by atoms with Gasteiger partial charge in [0, 0.05) is 30.7 Å². The molecule has 0 spiro atoms. The van der Waals surface area contributed by atoms with Crippen LogP contribution in [0.3, 0.4) is 0 Å². The van der Waals surface area contributed by atoms with E-state index in [0.717, 1.165) is 37.9 Å². The van der Waals surface area contributed by atoms with Crippen molar-refractivity contribution < 1.29 is 18.7 Å². The third-order valence-corrected chi connectivity index (χ3v) is 6.13. The van der Waals surface area contributed by atoms with Crippen molar-refractivity contribution in [2.45, 2.75) is 50.5 Å². The van der Waals surface area contributed by atoms with Gasteiger partial charge in [0.1, 0.15) is 5.82 Å². The van der Waals surface area contributed by atoms with Gasteiger partial charge in [0.25, 0.3) is 0 Å². The molecule has 1 aromatic heterocycles. The van der Waals surface area contributed by atoms with Gasteiger partial charge in [-0.1, -0.05) is 6.42 Å². The van der Waals surface area contributed by atoms with E-state index < -0.39 is 11.8 Å². The molecule has 0 radical (unpaired) electrons. The molecule has 2 fully saturated rings. The average molecular weight is 416 g/mol. The Morgan fingerprint density at radius 3 is 2.70 bits per heavy atom. The molecule has 2 heterocycles. The largest absolute Gasteiger partial charge is 0.481 e. The molecule has 30 heavy (non-hydrogen) atoms. The van der Waals surface area contributed by atoms with Crippen molar-refractivity contribution in [2.75, 3.05) is 23.3 Å². The lowest BCUT2D eigenvalue weighted by Gasteiger charge is -2.34. The third kappa shape index (κ3) is 4.68. The fourth-order valence-corrected chi connectivity index (χ4v) is 4.55. The summed E-state index contributed by atoms with van der Waals surface area (Å²) in [6.07, 6.45) is 5.78. The Labute approximate surface area is 174 Å². The first-order valence-corrected chi connectivity index (χ1v) is 10.5. The number of anilines is 2. The third-order valence-electron chi connectivity index (χ3n) is 6.13. The molecule has 1 aromatic carbocycles. The number of halogens is 2. The van der Waals surface area contributed by atoms with Crippen molar-refractivity contribution in [2.24, 2.45) is 5.92 Å². The van der Waals surface area contributed by atoms with Gasteiger partial charge in [-0.25, -0.2) is 18.7 Å². The maximum atomic E-state index is 14.6. The first-order valence-electron chi connectivity index (χ1n) is 10.5. The van der Waals surface area contributed by atoms with Crippen molar-refractivity contribution in [1.82, 2.24) is 9.97 Å².